The molecule has 3 rings (SSSR count). The standard InChI is InChI=1S/C26H31N3O7/c1-26(2,3)36-25(34)28-13-17-4-8-19(9-5-17)24(33)27-12-18-6-10-20(11-7-18)35-16-23(32)29-14-21(30)22(31)15-29/h4-11,21,30H,12-16H2,1-3H3,(H,27,33)(H,28,34)/t21-/m0/s1. The predicted molar refractivity (Wildman–Crippen MR) is 130 cm³/mol. The Hall–Kier alpha value is -3.92. The number of likely N-dealkylation sites (tertiary alicyclic amines) is 1. The molecule has 0 radical (unpaired) electrons. The highest BCUT2D eigenvalue weighted by atomic mass is 16.6. The second-order valence-electron chi connectivity index (χ2n) is 9.42. The van der Waals surface area contributed by atoms with Gasteiger partial charge in [0.05, 0.1) is 13.1 Å². The van der Waals surface area contributed by atoms with Gasteiger partial charge >= 0.3 is 6.09 Å². The van der Waals surface area contributed by atoms with E-state index in [-0.39, 0.29) is 43.8 Å². The van der Waals surface area contributed by atoms with Crippen LogP contribution in [0.2, 0.25) is 0 Å². The SMILES string of the molecule is CC(C)(C)OC(=O)NCc1ccc(C(=O)NCc2ccc(OCC(=O)N3CC(=O)[C@@H](O)C3)cc2)cc1. The van der Waals surface area contributed by atoms with E-state index in [1.54, 1.807) is 69.3 Å². The Kier molecular flexibility index (Phi) is 8.65. The van der Waals surface area contributed by atoms with Crippen LogP contribution in [0.1, 0.15) is 42.3 Å². The molecule has 3 amide bonds. The maximum Gasteiger partial charge on any atom is 0.407 e. The Bertz CT molecular complexity index is 1090. The van der Waals surface area contributed by atoms with Crippen molar-refractivity contribution in [3.8, 4) is 5.75 Å². The molecule has 1 aliphatic heterocycles. The summed E-state index contributed by atoms with van der Waals surface area (Å²) in [7, 11) is 0. The van der Waals surface area contributed by atoms with E-state index in [9.17, 15) is 24.3 Å². The fraction of sp³-hybridized carbons (Fsp3) is 0.385. The molecular weight excluding hydrogens is 466 g/mol. The van der Waals surface area contributed by atoms with Crippen LogP contribution >= 0.6 is 0 Å². The van der Waals surface area contributed by atoms with Gasteiger partial charge < -0.3 is 30.1 Å². The number of nitrogens with one attached hydrogen (secondary N) is 2. The predicted octanol–water partition coefficient (Wildman–Crippen LogP) is 1.79. The van der Waals surface area contributed by atoms with Crippen LogP contribution in [-0.4, -0.2) is 65.1 Å². The van der Waals surface area contributed by atoms with Gasteiger partial charge in [-0.15, -0.1) is 0 Å². The van der Waals surface area contributed by atoms with Crippen molar-refractivity contribution in [2.45, 2.75) is 45.6 Å². The zero-order valence-corrected chi connectivity index (χ0v) is 20.6. The Morgan fingerprint density at radius 2 is 1.56 bits per heavy atom. The van der Waals surface area contributed by atoms with Crippen molar-refractivity contribution in [3.05, 3.63) is 65.2 Å². The van der Waals surface area contributed by atoms with Gasteiger partial charge in [0.15, 0.2) is 12.4 Å². The Morgan fingerprint density at radius 1 is 0.972 bits per heavy atom. The van der Waals surface area contributed by atoms with Crippen molar-refractivity contribution in [3.63, 3.8) is 0 Å². The van der Waals surface area contributed by atoms with Gasteiger partial charge in [0.25, 0.3) is 11.8 Å². The average molecular weight is 498 g/mol. The Balaban J connectivity index is 1.40. The van der Waals surface area contributed by atoms with E-state index in [0.29, 0.717) is 17.9 Å². The molecule has 2 aromatic carbocycles. The van der Waals surface area contributed by atoms with Crippen LogP contribution in [0.25, 0.3) is 0 Å². The summed E-state index contributed by atoms with van der Waals surface area (Å²) >= 11 is 0. The van der Waals surface area contributed by atoms with Crippen molar-refractivity contribution >= 4 is 23.7 Å². The minimum Gasteiger partial charge on any atom is -0.484 e. The van der Waals surface area contributed by atoms with E-state index in [1.807, 2.05) is 0 Å². The molecular formula is C26H31N3O7. The summed E-state index contributed by atoms with van der Waals surface area (Å²) in [4.78, 5) is 48.9. The number of ketones is 1. The molecule has 3 N–H and O–H groups in total. The molecule has 36 heavy (non-hydrogen) atoms. The number of hydrogen-bond donors (Lipinski definition) is 3. The number of hydrogen-bond acceptors (Lipinski definition) is 7. The first-order valence-electron chi connectivity index (χ1n) is 11.5. The molecule has 0 aliphatic carbocycles. The summed E-state index contributed by atoms with van der Waals surface area (Å²) in [6.07, 6.45) is -1.63. The number of carbonyl (C=O) groups excluding carboxylic acids is 4. The summed E-state index contributed by atoms with van der Waals surface area (Å²) < 4.78 is 10.7. The Labute approximate surface area is 209 Å². The van der Waals surface area contributed by atoms with Crippen LogP contribution in [-0.2, 0) is 27.4 Å². The van der Waals surface area contributed by atoms with Crippen LogP contribution in [0.3, 0.4) is 0 Å². The van der Waals surface area contributed by atoms with Crippen LogP contribution < -0.4 is 15.4 Å². The molecule has 10 nitrogen and oxygen atoms in total. The summed E-state index contributed by atoms with van der Waals surface area (Å²) in [6.45, 7) is 5.61. The van der Waals surface area contributed by atoms with E-state index in [2.05, 4.69) is 10.6 Å². The minimum absolute atomic E-state index is 0.00857. The van der Waals surface area contributed by atoms with Gasteiger partial charge in [-0.2, -0.15) is 0 Å². The third kappa shape index (κ3) is 8.09. The lowest BCUT2D eigenvalue weighted by Crippen LogP contribution is -2.33. The number of ether oxygens (including phenoxy) is 2. The van der Waals surface area contributed by atoms with E-state index in [4.69, 9.17) is 9.47 Å². The highest BCUT2D eigenvalue weighted by Gasteiger charge is 2.32. The molecule has 0 saturated carbocycles. The molecule has 1 saturated heterocycles. The summed E-state index contributed by atoms with van der Waals surface area (Å²) in [5.41, 5.74) is 1.59. The zero-order valence-electron chi connectivity index (χ0n) is 20.6. The Morgan fingerprint density at radius 3 is 2.11 bits per heavy atom. The molecule has 192 valence electrons. The maximum atomic E-state index is 12.5. The molecule has 0 bridgehead atoms. The van der Waals surface area contributed by atoms with E-state index < -0.39 is 17.8 Å². The summed E-state index contributed by atoms with van der Waals surface area (Å²) in [6, 6.07) is 13.8. The second-order valence-corrected chi connectivity index (χ2v) is 9.42. The lowest BCUT2D eigenvalue weighted by Gasteiger charge is -2.19. The number of rotatable bonds is 8. The third-order valence-electron chi connectivity index (χ3n) is 5.25. The number of carbonyl (C=O) groups is 4. The normalized spacial score (nSPS) is 15.4. The quantitative estimate of drug-likeness (QED) is 0.506. The fourth-order valence-electron chi connectivity index (χ4n) is 3.35. The molecule has 1 heterocycles. The van der Waals surface area contributed by atoms with Crippen LogP contribution in [0.15, 0.2) is 48.5 Å². The van der Waals surface area contributed by atoms with E-state index >= 15 is 0 Å². The molecule has 0 aromatic heterocycles. The van der Waals surface area contributed by atoms with Crippen molar-refractivity contribution in [2.24, 2.45) is 0 Å². The molecule has 1 atom stereocenters. The van der Waals surface area contributed by atoms with Gasteiger partial charge in [-0.25, -0.2) is 4.79 Å². The number of aliphatic hydroxyl groups is 1. The summed E-state index contributed by atoms with van der Waals surface area (Å²) in [5, 5.41) is 15.0. The molecule has 0 unspecified atom stereocenters. The minimum atomic E-state index is -1.12. The first kappa shape index (κ1) is 26.7. The highest BCUT2D eigenvalue weighted by molar-refractivity contribution is 5.94. The number of aliphatic hydroxyl groups excluding tert-OH is 1. The number of benzene rings is 2. The van der Waals surface area contributed by atoms with Gasteiger partial charge in [0, 0.05) is 18.7 Å². The second kappa shape index (κ2) is 11.7. The lowest BCUT2D eigenvalue weighted by molar-refractivity contribution is -0.133. The molecule has 1 aliphatic rings. The van der Waals surface area contributed by atoms with Crippen molar-refractivity contribution in [1.82, 2.24) is 15.5 Å². The van der Waals surface area contributed by atoms with E-state index in [0.717, 1.165) is 11.1 Å². The monoisotopic (exact) mass is 497 g/mol. The highest BCUT2D eigenvalue weighted by Crippen LogP contribution is 2.14. The van der Waals surface area contributed by atoms with Crippen LogP contribution in [0.4, 0.5) is 4.79 Å². The van der Waals surface area contributed by atoms with Gasteiger partial charge in [0.1, 0.15) is 17.5 Å². The lowest BCUT2D eigenvalue weighted by atomic mass is 10.1. The fourth-order valence-corrected chi connectivity index (χ4v) is 3.35. The summed E-state index contributed by atoms with van der Waals surface area (Å²) in [5.74, 6) is -0.515. The van der Waals surface area contributed by atoms with Crippen molar-refractivity contribution < 1.29 is 33.8 Å². The average Bonchev–Trinajstić information content (AvgIpc) is 3.17. The van der Waals surface area contributed by atoms with Crippen LogP contribution in [0.5, 0.6) is 5.75 Å². The van der Waals surface area contributed by atoms with Crippen molar-refractivity contribution in [2.75, 3.05) is 19.7 Å². The van der Waals surface area contributed by atoms with Crippen molar-refractivity contribution in [1.29, 1.82) is 0 Å². The number of nitrogens with zero attached hydrogens (tertiary/aromatic N) is 1. The molecule has 1 fully saturated rings. The van der Waals surface area contributed by atoms with Crippen LogP contribution in [0, 0.1) is 0 Å². The number of amides is 3. The largest absolute Gasteiger partial charge is 0.484 e. The third-order valence-corrected chi connectivity index (χ3v) is 5.25. The topological polar surface area (TPSA) is 134 Å². The molecule has 2 aromatic rings. The zero-order chi connectivity index (χ0) is 26.3. The van der Waals surface area contributed by atoms with E-state index in [1.165, 1.54) is 4.90 Å². The van der Waals surface area contributed by atoms with Gasteiger partial charge in [-0.1, -0.05) is 24.3 Å². The molecule has 0 spiro atoms. The number of alkyl carbamates (subject to hydrolysis) is 1. The smallest absolute Gasteiger partial charge is 0.407 e. The van der Waals surface area contributed by atoms with Gasteiger partial charge in [-0.3, -0.25) is 14.4 Å². The van der Waals surface area contributed by atoms with Gasteiger partial charge in [-0.05, 0) is 56.2 Å². The first-order valence-corrected chi connectivity index (χ1v) is 11.5. The maximum absolute atomic E-state index is 12.5. The van der Waals surface area contributed by atoms with Gasteiger partial charge in [0.2, 0.25) is 0 Å². The first-order chi connectivity index (χ1) is 17.0. The molecule has 10 heteroatoms. The number of Topliss-reactive ketones (excluding diaryl/α,β-unsaturated/α-hetero) is 1. The number of β-amino-alcohol motifs (C(OH)–C–C–N with tert-alkyl or cyclic N) is 1.